The monoisotopic (exact) mass is 518 g/mol. The predicted octanol–water partition coefficient (Wildman–Crippen LogP) is 5.11. The maximum atomic E-state index is 11.8. The average Bonchev–Trinajstić information content (AvgIpc) is 3.49. The first-order valence-corrected chi connectivity index (χ1v) is 14.9. The second-order valence-electron chi connectivity index (χ2n) is 13.7. The number of aromatic nitrogens is 3. The summed E-state index contributed by atoms with van der Waals surface area (Å²) in [5, 5.41) is 34.3. The number of benzene rings is 1. The first kappa shape index (κ1) is 26.2. The number of hydrogen-bond donors (Lipinski definition) is 3. The van der Waals surface area contributed by atoms with Gasteiger partial charge in [-0.3, -0.25) is 0 Å². The van der Waals surface area contributed by atoms with Crippen LogP contribution in [0.15, 0.2) is 48.2 Å². The zero-order valence-corrected chi connectivity index (χ0v) is 23.4. The van der Waals surface area contributed by atoms with Crippen LogP contribution < -0.4 is 5.32 Å². The molecule has 2 aromatic rings. The second kappa shape index (κ2) is 9.87. The van der Waals surface area contributed by atoms with Gasteiger partial charge < -0.3 is 15.5 Å². The molecule has 0 amide bonds. The molecule has 0 saturated heterocycles. The van der Waals surface area contributed by atoms with Gasteiger partial charge in [-0.15, -0.1) is 5.10 Å². The van der Waals surface area contributed by atoms with Gasteiger partial charge in [0.05, 0.1) is 30.1 Å². The van der Waals surface area contributed by atoms with Crippen LogP contribution in [0.5, 0.6) is 0 Å². The molecule has 0 unspecified atom stereocenters. The highest BCUT2D eigenvalue weighted by molar-refractivity contribution is 5.25. The first-order chi connectivity index (χ1) is 18.2. The number of hydrogen-bond acceptors (Lipinski definition) is 5. The van der Waals surface area contributed by atoms with Crippen LogP contribution in [-0.4, -0.2) is 43.5 Å². The summed E-state index contributed by atoms with van der Waals surface area (Å²) < 4.78 is 1.88. The third-order valence-electron chi connectivity index (χ3n) is 11.4. The normalized spacial score (nSPS) is 38.0. The molecule has 38 heavy (non-hydrogen) atoms. The van der Waals surface area contributed by atoms with Crippen LogP contribution in [0.1, 0.15) is 83.4 Å². The lowest BCUT2D eigenvalue weighted by atomic mass is 9.47. The van der Waals surface area contributed by atoms with Gasteiger partial charge in [-0.2, -0.15) is 0 Å². The molecule has 1 heterocycles. The Morgan fingerprint density at radius 2 is 1.89 bits per heavy atom. The van der Waals surface area contributed by atoms with Gasteiger partial charge in [-0.05, 0) is 98.4 Å². The van der Waals surface area contributed by atoms with Crippen molar-refractivity contribution >= 4 is 0 Å². The molecule has 0 spiro atoms. The summed E-state index contributed by atoms with van der Waals surface area (Å²) in [5.41, 5.74) is 3.34. The molecule has 3 N–H and O–H groups in total. The van der Waals surface area contributed by atoms with Crippen molar-refractivity contribution in [2.24, 2.45) is 34.5 Å². The van der Waals surface area contributed by atoms with E-state index in [4.69, 9.17) is 0 Å². The zero-order chi connectivity index (χ0) is 26.5. The van der Waals surface area contributed by atoms with Crippen LogP contribution in [0, 0.1) is 34.5 Å². The lowest BCUT2D eigenvalue weighted by Crippen LogP contribution is -2.54. The van der Waals surface area contributed by atoms with E-state index in [1.807, 2.05) is 29.1 Å². The average molecular weight is 519 g/mol. The summed E-state index contributed by atoms with van der Waals surface area (Å²) in [6.45, 7) is 8.93. The molecule has 6 nitrogen and oxygen atoms in total. The minimum absolute atomic E-state index is 0.147. The number of aliphatic hydroxyl groups excluding tert-OH is 1. The summed E-state index contributed by atoms with van der Waals surface area (Å²) in [6.07, 6.45) is 13.3. The number of fused-ring (bicyclic) bond motifs is 5. The summed E-state index contributed by atoms with van der Waals surface area (Å²) in [6, 6.07) is 10.3. The Bertz CT molecular complexity index is 1160. The van der Waals surface area contributed by atoms with E-state index in [-0.39, 0.29) is 16.9 Å². The Labute approximate surface area is 227 Å². The quantitative estimate of drug-likeness (QED) is 0.444. The van der Waals surface area contributed by atoms with Crippen LogP contribution >= 0.6 is 0 Å². The van der Waals surface area contributed by atoms with Gasteiger partial charge in [0, 0.05) is 13.1 Å². The Kier molecular flexibility index (Phi) is 6.81. The van der Waals surface area contributed by atoms with E-state index in [0.717, 1.165) is 43.7 Å². The minimum Gasteiger partial charge on any atom is -0.393 e. The second-order valence-corrected chi connectivity index (χ2v) is 13.7. The minimum atomic E-state index is -0.759. The molecule has 6 rings (SSSR count). The number of nitrogens with zero attached hydrogens (tertiary/aromatic N) is 3. The van der Waals surface area contributed by atoms with Gasteiger partial charge in [-0.1, -0.05) is 61.0 Å². The molecule has 206 valence electrons. The fourth-order valence-electron chi connectivity index (χ4n) is 9.50. The number of aliphatic hydroxyl groups is 2. The molecule has 4 aliphatic rings. The van der Waals surface area contributed by atoms with Gasteiger partial charge in [0.2, 0.25) is 0 Å². The van der Waals surface area contributed by atoms with E-state index in [2.05, 4.69) is 54.6 Å². The molecular weight excluding hydrogens is 472 g/mol. The topological polar surface area (TPSA) is 83.2 Å². The van der Waals surface area contributed by atoms with E-state index in [9.17, 15) is 10.2 Å². The Morgan fingerprint density at radius 3 is 2.71 bits per heavy atom. The highest BCUT2D eigenvalue weighted by atomic mass is 16.3. The SMILES string of the molecule is C[C@]12CC[C@H]3[C@@H](CC=C4C[C@@H](O)CC[C@@]43C)[C@@H]1CC[C@@H]2[C@@](C)(O)CNCc1cn(Cc2ccccc2)nn1. The van der Waals surface area contributed by atoms with Gasteiger partial charge in [0.15, 0.2) is 0 Å². The largest absolute Gasteiger partial charge is 0.393 e. The maximum Gasteiger partial charge on any atom is 0.0965 e. The first-order valence-electron chi connectivity index (χ1n) is 14.9. The Hall–Kier alpha value is -2.02. The van der Waals surface area contributed by atoms with E-state index < -0.39 is 5.60 Å². The van der Waals surface area contributed by atoms with Crippen molar-refractivity contribution in [1.29, 1.82) is 0 Å². The third-order valence-corrected chi connectivity index (χ3v) is 11.4. The predicted molar refractivity (Wildman–Crippen MR) is 149 cm³/mol. The van der Waals surface area contributed by atoms with Crippen LogP contribution in [0.3, 0.4) is 0 Å². The van der Waals surface area contributed by atoms with Gasteiger partial charge in [0.25, 0.3) is 0 Å². The van der Waals surface area contributed by atoms with E-state index >= 15 is 0 Å². The molecule has 6 heteroatoms. The number of allylic oxidation sites excluding steroid dienone is 1. The van der Waals surface area contributed by atoms with Crippen molar-refractivity contribution < 1.29 is 10.2 Å². The van der Waals surface area contributed by atoms with Crippen LogP contribution in [0.4, 0.5) is 0 Å². The van der Waals surface area contributed by atoms with Crippen molar-refractivity contribution in [2.75, 3.05) is 6.54 Å². The number of rotatable bonds is 7. The van der Waals surface area contributed by atoms with Gasteiger partial charge in [0.1, 0.15) is 0 Å². The molecule has 8 atom stereocenters. The van der Waals surface area contributed by atoms with Crippen LogP contribution in [0.2, 0.25) is 0 Å². The Balaban J connectivity index is 1.09. The number of nitrogens with one attached hydrogen (secondary N) is 1. The van der Waals surface area contributed by atoms with Crippen molar-refractivity contribution in [3.05, 3.63) is 59.4 Å². The Morgan fingerprint density at radius 1 is 1.08 bits per heavy atom. The molecule has 4 aliphatic carbocycles. The smallest absolute Gasteiger partial charge is 0.0965 e. The fraction of sp³-hybridized carbons (Fsp3) is 0.688. The maximum absolute atomic E-state index is 11.8. The van der Waals surface area contributed by atoms with Crippen molar-refractivity contribution in [1.82, 2.24) is 20.3 Å². The standard InChI is InChI=1S/C32H46N4O2/c1-30-15-13-25(37)17-23(30)9-10-26-27-11-12-29(31(27,2)16-14-28(26)30)32(3,38)21-33-18-24-20-36(35-34-24)19-22-7-5-4-6-8-22/h4-9,20,25-29,33,37-38H,10-19,21H2,1-3H3/t25-,26-,27-,28-,29-,30-,31-,32-/m0/s1. The highest BCUT2D eigenvalue weighted by Crippen LogP contribution is 2.67. The summed E-state index contributed by atoms with van der Waals surface area (Å²) in [7, 11) is 0. The van der Waals surface area contributed by atoms with Crippen molar-refractivity contribution in [2.45, 2.75) is 96.9 Å². The molecule has 1 aromatic carbocycles. The highest BCUT2D eigenvalue weighted by Gasteiger charge is 2.61. The van der Waals surface area contributed by atoms with Crippen LogP contribution in [0.25, 0.3) is 0 Å². The third kappa shape index (κ3) is 4.56. The molecule has 1 aromatic heterocycles. The summed E-state index contributed by atoms with van der Waals surface area (Å²) >= 11 is 0. The lowest BCUT2D eigenvalue weighted by Gasteiger charge is -2.59. The summed E-state index contributed by atoms with van der Waals surface area (Å²) in [5.74, 6) is 2.42. The van der Waals surface area contributed by atoms with E-state index in [0.29, 0.717) is 37.4 Å². The van der Waals surface area contributed by atoms with Crippen molar-refractivity contribution in [3.8, 4) is 0 Å². The van der Waals surface area contributed by atoms with Gasteiger partial charge in [-0.25, -0.2) is 4.68 Å². The lowest BCUT2D eigenvalue weighted by molar-refractivity contribution is -0.101. The fourth-order valence-corrected chi connectivity index (χ4v) is 9.50. The molecule has 3 fully saturated rings. The summed E-state index contributed by atoms with van der Waals surface area (Å²) in [4.78, 5) is 0. The molecule has 3 saturated carbocycles. The molecule has 0 bridgehead atoms. The molecule has 0 radical (unpaired) electrons. The van der Waals surface area contributed by atoms with Crippen LogP contribution in [-0.2, 0) is 13.1 Å². The molecular formula is C32H46N4O2. The van der Waals surface area contributed by atoms with E-state index in [1.165, 1.54) is 30.4 Å². The molecule has 0 aliphatic heterocycles. The van der Waals surface area contributed by atoms with Gasteiger partial charge >= 0.3 is 0 Å². The van der Waals surface area contributed by atoms with Crippen molar-refractivity contribution in [3.63, 3.8) is 0 Å². The zero-order valence-electron chi connectivity index (χ0n) is 23.4. The van der Waals surface area contributed by atoms with E-state index in [1.54, 1.807) is 0 Å².